The monoisotopic (exact) mass is 266 g/mol. The van der Waals surface area contributed by atoms with Gasteiger partial charge in [0.2, 0.25) is 0 Å². The van der Waals surface area contributed by atoms with E-state index < -0.39 is 0 Å². The highest BCUT2D eigenvalue weighted by Gasteiger charge is 2.20. The molecule has 0 aliphatic rings. The molecule has 0 fully saturated rings. The van der Waals surface area contributed by atoms with Crippen molar-refractivity contribution >= 4 is 5.84 Å². The lowest BCUT2D eigenvalue weighted by Gasteiger charge is -2.22. The maximum atomic E-state index is 13.1. The maximum absolute atomic E-state index is 13.1. The number of nitrogens with two attached hydrogens (primary N) is 1. The van der Waals surface area contributed by atoms with Crippen molar-refractivity contribution in [2.24, 2.45) is 11.1 Å². The Hall–Kier alpha value is -1.58. The van der Waals surface area contributed by atoms with Gasteiger partial charge in [-0.3, -0.25) is 5.41 Å². The van der Waals surface area contributed by atoms with Crippen molar-refractivity contribution < 1.29 is 9.13 Å². The first-order chi connectivity index (χ1) is 8.83. The van der Waals surface area contributed by atoms with Crippen LogP contribution in [0.2, 0.25) is 0 Å². The molecular formula is C15H23FN2O. The van der Waals surface area contributed by atoms with Gasteiger partial charge >= 0.3 is 0 Å². The Labute approximate surface area is 114 Å². The van der Waals surface area contributed by atoms with Crippen LogP contribution >= 0.6 is 0 Å². The third kappa shape index (κ3) is 4.89. The van der Waals surface area contributed by atoms with E-state index >= 15 is 0 Å². The lowest BCUT2D eigenvalue weighted by Crippen LogP contribution is -2.30. The summed E-state index contributed by atoms with van der Waals surface area (Å²) in [7, 11) is 0. The number of hydrogen-bond acceptors (Lipinski definition) is 2. The second kappa shape index (κ2) is 6.55. The number of benzene rings is 1. The largest absolute Gasteiger partial charge is 0.493 e. The van der Waals surface area contributed by atoms with E-state index in [1.165, 1.54) is 12.1 Å². The Balaban J connectivity index is 2.32. The van der Waals surface area contributed by atoms with Crippen LogP contribution in [0, 0.1) is 23.6 Å². The molecule has 0 radical (unpaired) electrons. The van der Waals surface area contributed by atoms with Crippen LogP contribution in [0.1, 0.15) is 38.7 Å². The predicted molar refractivity (Wildman–Crippen MR) is 76.2 cm³/mol. The van der Waals surface area contributed by atoms with E-state index in [-0.39, 0.29) is 17.1 Å². The molecule has 19 heavy (non-hydrogen) atoms. The van der Waals surface area contributed by atoms with Gasteiger partial charge in [0.05, 0.1) is 12.4 Å². The quantitative estimate of drug-likeness (QED) is 0.449. The number of aryl methyl sites for hydroxylation is 1. The molecule has 1 rings (SSSR count). The summed E-state index contributed by atoms with van der Waals surface area (Å²) in [5, 5.41) is 7.47. The molecule has 0 heterocycles. The second-order valence-corrected chi connectivity index (χ2v) is 5.51. The Morgan fingerprint density at radius 2 is 2.05 bits per heavy atom. The van der Waals surface area contributed by atoms with Gasteiger partial charge in [-0.25, -0.2) is 4.39 Å². The summed E-state index contributed by atoms with van der Waals surface area (Å²) in [5.41, 5.74) is 6.20. The number of nitrogens with one attached hydrogen (secondary N) is 1. The molecule has 4 heteroatoms. The van der Waals surface area contributed by atoms with Crippen LogP contribution in [0.3, 0.4) is 0 Å². The molecule has 106 valence electrons. The minimum atomic E-state index is -0.279. The molecule has 3 nitrogen and oxygen atoms in total. The molecule has 3 N–H and O–H groups in total. The average Bonchev–Trinajstić information content (AvgIpc) is 2.32. The highest BCUT2D eigenvalue weighted by Crippen LogP contribution is 2.23. The van der Waals surface area contributed by atoms with E-state index in [1.807, 2.05) is 20.8 Å². The zero-order valence-corrected chi connectivity index (χ0v) is 11.9. The first kappa shape index (κ1) is 15.5. The lowest BCUT2D eigenvalue weighted by molar-refractivity contribution is 0.293. The SMILES string of the molecule is Cc1ccc(F)cc1OCCCCC(C)(C)C(=N)N. The molecule has 0 aliphatic heterocycles. The van der Waals surface area contributed by atoms with E-state index in [9.17, 15) is 4.39 Å². The molecular weight excluding hydrogens is 243 g/mol. The van der Waals surface area contributed by atoms with Crippen LogP contribution in [-0.2, 0) is 0 Å². The van der Waals surface area contributed by atoms with Gasteiger partial charge in [0.25, 0.3) is 0 Å². The molecule has 0 unspecified atom stereocenters. The topological polar surface area (TPSA) is 59.1 Å². The Morgan fingerprint density at radius 3 is 2.68 bits per heavy atom. The van der Waals surface area contributed by atoms with Gasteiger partial charge in [-0.2, -0.15) is 0 Å². The molecule has 1 aromatic carbocycles. The zero-order chi connectivity index (χ0) is 14.5. The predicted octanol–water partition coefficient (Wildman–Crippen LogP) is 3.65. The smallest absolute Gasteiger partial charge is 0.126 e. The summed E-state index contributed by atoms with van der Waals surface area (Å²) >= 11 is 0. The van der Waals surface area contributed by atoms with Gasteiger partial charge in [-0.05, 0) is 37.8 Å². The lowest BCUT2D eigenvalue weighted by atomic mass is 9.86. The standard InChI is InChI=1S/C15H23FN2O/c1-11-6-7-12(16)10-13(11)19-9-5-4-8-15(2,3)14(17)18/h6-7,10H,4-5,8-9H2,1-3H3,(H3,17,18). The molecule has 0 spiro atoms. The molecule has 0 bridgehead atoms. The van der Waals surface area contributed by atoms with Crippen molar-refractivity contribution in [2.45, 2.75) is 40.0 Å². The van der Waals surface area contributed by atoms with Crippen LogP contribution in [-0.4, -0.2) is 12.4 Å². The van der Waals surface area contributed by atoms with Crippen molar-refractivity contribution in [1.29, 1.82) is 5.41 Å². The van der Waals surface area contributed by atoms with Gasteiger partial charge < -0.3 is 10.5 Å². The van der Waals surface area contributed by atoms with Gasteiger partial charge in [0, 0.05) is 11.5 Å². The fourth-order valence-electron chi connectivity index (χ4n) is 1.72. The van der Waals surface area contributed by atoms with Crippen LogP contribution < -0.4 is 10.5 Å². The minimum absolute atomic E-state index is 0.217. The van der Waals surface area contributed by atoms with Crippen LogP contribution in [0.25, 0.3) is 0 Å². The summed E-state index contributed by atoms with van der Waals surface area (Å²) in [6.45, 7) is 6.38. The van der Waals surface area contributed by atoms with E-state index in [1.54, 1.807) is 6.07 Å². The average molecular weight is 266 g/mol. The number of rotatable bonds is 7. The molecule has 0 aromatic heterocycles. The molecule has 0 atom stereocenters. The maximum Gasteiger partial charge on any atom is 0.126 e. The second-order valence-electron chi connectivity index (χ2n) is 5.51. The minimum Gasteiger partial charge on any atom is -0.493 e. The summed E-state index contributed by atoms with van der Waals surface area (Å²) in [6, 6.07) is 4.55. The van der Waals surface area contributed by atoms with E-state index in [0.29, 0.717) is 12.4 Å². The molecule has 1 aromatic rings. The van der Waals surface area contributed by atoms with E-state index in [0.717, 1.165) is 24.8 Å². The van der Waals surface area contributed by atoms with E-state index in [2.05, 4.69) is 0 Å². The fourth-order valence-corrected chi connectivity index (χ4v) is 1.72. The van der Waals surface area contributed by atoms with Crippen molar-refractivity contribution in [3.8, 4) is 5.75 Å². The summed E-state index contributed by atoms with van der Waals surface area (Å²) < 4.78 is 18.6. The molecule has 0 amide bonds. The number of hydrogen-bond donors (Lipinski definition) is 2. The Bertz CT molecular complexity index is 444. The van der Waals surface area contributed by atoms with Crippen molar-refractivity contribution in [3.05, 3.63) is 29.6 Å². The molecule has 0 aliphatic carbocycles. The van der Waals surface area contributed by atoms with E-state index in [4.69, 9.17) is 15.9 Å². The number of amidine groups is 1. The highest BCUT2D eigenvalue weighted by atomic mass is 19.1. The van der Waals surface area contributed by atoms with Crippen LogP contribution in [0.5, 0.6) is 5.75 Å². The van der Waals surface area contributed by atoms with Gasteiger partial charge in [-0.1, -0.05) is 19.9 Å². The first-order valence-corrected chi connectivity index (χ1v) is 6.56. The molecule has 0 saturated carbocycles. The Morgan fingerprint density at radius 1 is 1.37 bits per heavy atom. The van der Waals surface area contributed by atoms with Crippen LogP contribution in [0.4, 0.5) is 4.39 Å². The summed E-state index contributed by atoms with van der Waals surface area (Å²) in [6.07, 6.45) is 2.65. The normalized spacial score (nSPS) is 11.4. The van der Waals surface area contributed by atoms with Gasteiger partial charge in [0.1, 0.15) is 11.6 Å². The highest BCUT2D eigenvalue weighted by molar-refractivity contribution is 5.82. The Kier molecular flexibility index (Phi) is 5.33. The third-order valence-corrected chi connectivity index (χ3v) is 3.33. The summed E-state index contributed by atoms with van der Waals surface area (Å²) in [5.74, 6) is 0.540. The zero-order valence-electron chi connectivity index (χ0n) is 11.9. The van der Waals surface area contributed by atoms with Crippen molar-refractivity contribution in [2.75, 3.05) is 6.61 Å². The van der Waals surface area contributed by atoms with Crippen molar-refractivity contribution in [3.63, 3.8) is 0 Å². The van der Waals surface area contributed by atoms with Gasteiger partial charge in [0.15, 0.2) is 0 Å². The number of ether oxygens (including phenoxy) is 1. The fraction of sp³-hybridized carbons (Fsp3) is 0.533. The van der Waals surface area contributed by atoms with Crippen LogP contribution in [0.15, 0.2) is 18.2 Å². The van der Waals surface area contributed by atoms with Gasteiger partial charge in [-0.15, -0.1) is 0 Å². The number of unbranched alkanes of at least 4 members (excludes halogenated alkanes) is 1. The summed E-state index contributed by atoms with van der Waals surface area (Å²) in [4.78, 5) is 0. The number of halogens is 1. The molecule has 0 saturated heterocycles. The van der Waals surface area contributed by atoms with Crippen molar-refractivity contribution in [1.82, 2.24) is 0 Å². The third-order valence-electron chi connectivity index (χ3n) is 3.33. The first-order valence-electron chi connectivity index (χ1n) is 6.56.